The molecule has 0 aromatic carbocycles. The molecule has 0 aliphatic carbocycles. The van der Waals surface area contributed by atoms with Gasteiger partial charge in [0, 0.05) is 12.3 Å². The highest BCUT2D eigenvalue weighted by molar-refractivity contribution is 8.00. The van der Waals surface area contributed by atoms with Gasteiger partial charge in [-0.1, -0.05) is 13.8 Å². The van der Waals surface area contributed by atoms with Crippen LogP contribution in [0.5, 0.6) is 0 Å². The zero-order valence-electron chi connectivity index (χ0n) is 12.6. The normalized spacial score (nSPS) is 28.4. The number of nitrogens with one attached hydrogen (secondary N) is 1. The molecule has 1 aliphatic heterocycles. The lowest BCUT2D eigenvalue weighted by Gasteiger charge is -2.21. The van der Waals surface area contributed by atoms with E-state index < -0.39 is 29.7 Å². The number of ether oxygens (including phenoxy) is 1. The van der Waals surface area contributed by atoms with Crippen molar-refractivity contribution in [3.05, 3.63) is 33.1 Å². The Bertz CT molecular complexity index is 599. The lowest BCUT2D eigenvalue weighted by atomic mass is 10.2. The lowest BCUT2D eigenvalue weighted by Crippen LogP contribution is -2.36. The van der Waals surface area contributed by atoms with Crippen molar-refractivity contribution in [1.29, 1.82) is 0 Å². The van der Waals surface area contributed by atoms with Gasteiger partial charge in [0.05, 0.1) is 18.0 Å². The number of aliphatic hydroxyl groups excluding tert-OH is 2. The zero-order valence-corrected chi connectivity index (χ0v) is 13.5. The summed E-state index contributed by atoms with van der Waals surface area (Å²) >= 11 is 1.52. The van der Waals surface area contributed by atoms with Crippen LogP contribution in [0.3, 0.4) is 0 Å². The average molecular weight is 330 g/mol. The van der Waals surface area contributed by atoms with Crippen LogP contribution in [0.25, 0.3) is 0 Å². The van der Waals surface area contributed by atoms with Crippen LogP contribution >= 0.6 is 11.8 Å². The van der Waals surface area contributed by atoms with E-state index in [0.717, 1.165) is 12.2 Å². The average Bonchev–Trinajstić information content (AvgIpc) is 2.75. The van der Waals surface area contributed by atoms with Crippen molar-refractivity contribution in [1.82, 2.24) is 9.55 Å². The van der Waals surface area contributed by atoms with Crippen LogP contribution in [0.15, 0.2) is 21.9 Å². The number of hydrogen-bond donors (Lipinski definition) is 3. The molecule has 1 aromatic rings. The van der Waals surface area contributed by atoms with Crippen molar-refractivity contribution >= 4 is 11.8 Å². The van der Waals surface area contributed by atoms with E-state index in [2.05, 4.69) is 18.8 Å². The van der Waals surface area contributed by atoms with Gasteiger partial charge in [-0.15, -0.1) is 0 Å². The van der Waals surface area contributed by atoms with E-state index in [1.165, 1.54) is 28.6 Å². The lowest BCUT2D eigenvalue weighted by molar-refractivity contribution is -0.0457. The summed E-state index contributed by atoms with van der Waals surface area (Å²) in [7, 11) is 0. The zero-order chi connectivity index (χ0) is 16.3. The first kappa shape index (κ1) is 17.3. The predicted molar refractivity (Wildman–Crippen MR) is 84.0 cm³/mol. The highest BCUT2D eigenvalue weighted by atomic mass is 32.2. The molecule has 8 heteroatoms. The molecule has 0 bridgehead atoms. The van der Waals surface area contributed by atoms with Gasteiger partial charge in [-0.2, -0.15) is 11.8 Å². The fourth-order valence-electron chi connectivity index (χ4n) is 2.34. The molecule has 2 heterocycles. The molecule has 0 spiro atoms. The summed E-state index contributed by atoms with van der Waals surface area (Å²) in [6.07, 6.45) is 0.0132. The molecule has 1 aromatic heterocycles. The summed E-state index contributed by atoms with van der Waals surface area (Å²) in [5.74, 6) is 1.35. The molecule has 0 saturated carbocycles. The highest BCUT2D eigenvalue weighted by Crippen LogP contribution is 2.37. The number of aromatic amines is 1. The molecule has 3 N–H and O–H groups in total. The molecular weight excluding hydrogens is 308 g/mol. The third-order valence-electron chi connectivity index (χ3n) is 3.62. The third-order valence-corrected chi connectivity index (χ3v) is 4.99. The Morgan fingerprint density at radius 1 is 1.45 bits per heavy atom. The van der Waals surface area contributed by atoms with E-state index in [4.69, 9.17) is 4.74 Å². The van der Waals surface area contributed by atoms with Crippen molar-refractivity contribution in [3.8, 4) is 0 Å². The van der Waals surface area contributed by atoms with Gasteiger partial charge in [0.2, 0.25) is 0 Å². The molecule has 1 saturated heterocycles. The number of hydrogen-bond acceptors (Lipinski definition) is 6. The standard InChI is InChI=1S/C14H22N2O5S/c1-8(2)4-6-22-12-11(19)9(7-17)21-13(12)16-5-3-10(18)15-14(16)20/h3,5,8-9,11-13,17,19H,4,6-7H2,1-2H3,(H,15,18,20)/t9-,11-,12?,13-/m1/s1. The molecular formula is C14H22N2O5S. The third kappa shape index (κ3) is 3.81. The van der Waals surface area contributed by atoms with Gasteiger partial charge in [-0.05, 0) is 18.1 Å². The topological polar surface area (TPSA) is 105 Å². The van der Waals surface area contributed by atoms with Crippen LogP contribution in [-0.2, 0) is 4.74 Å². The van der Waals surface area contributed by atoms with Crippen LogP contribution in [0.4, 0.5) is 0 Å². The number of aromatic nitrogens is 2. The predicted octanol–water partition coefficient (Wildman–Crippen LogP) is -0.0649. The first-order valence-corrected chi connectivity index (χ1v) is 8.36. The van der Waals surface area contributed by atoms with E-state index in [1.807, 2.05) is 0 Å². The monoisotopic (exact) mass is 330 g/mol. The number of thioether (sulfide) groups is 1. The first-order valence-electron chi connectivity index (χ1n) is 7.31. The van der Waals surface area contributed by atoms with Crippen LogP contribution in [0.1, 0.15) is 26.5 Å². The van der Waals surface area contributed by atoms with Crippen molar-refractivity contribution in [2.24, 2.45) is 5.92 Å². The van der Waals surface area contributed by atoms with Gasteiger partial charge >= 0.3 is 5.69 Å². The minimum atomic E-state index is -0.869. The van der Waals surface area contributed by atoms with E-state index in [1.54, 1.807) is 0 Å². The Morgan fingerprint density at radius 2 is 2.18 bits per heavy atom. The maximum Gasteiger partial charge on any atom is 0.330 e. The quantitative estimate of drug-likeness (QED) is 0.675. The van der Waals surface area contributed by atoms with Crippen LogP contribution in [-0.4, -0.2) is 49.6 Å². The van der Waals surface area contributed by atoms with Gasteiger partial charge in [0.25, 0.3) is 5.56 Å². The van der Waals surface area contributed by atoms with Gasteiger partial charge in [-0.3, -0.25) is 14.3 Å². The maximum atomic E-state index is 11.9. The van der Waals surface area contributed by atoms with E-state index >= 15 is 0 Å². The SMILES string of the molecule is CC(C)CCSC1[C@H](n2ccc(=O)[nH]c2=O)O[C@H](CO)[C@H]1O. The maximum absolute atomic E-state index is 11.9. The Kier molecular flexibility index (Phi) is 5.85. The summed E-state index contributed by atoms with van der Waals surface area (Å²) in [6.45, 7) is 3.90. The van der Waals surface area contributed by atoms with Crippen molar-refractivity contribution in [2.75, 3.05) is 12.4 Å². The molecule has 7 nitrogen and oxygen atoms in total. The second-order valence-electron chi connectivity index (χ2n) is 5.77. The Morgan fingerprint density at radius 3 is 2.77 bits per heavy atom. The Hall–Kier alpha value is -1.09. The van der Waals surface area contributed by atoms with E-state index in [-0.39, 0.29) is 11.9 Å². The largest absolute Gasteiger partial charge is 0.394 e. The fourth-order valence-corrected chi connectivity index (χ4v) is 3.95. The van der Waals surface area contributed by atoms with Gasteiger partial charge < -0.3 is 14.9 Å². The Balaban J connectivity index is 2.22. The summed E-state index contributed by atoms with van der Waals surface area (Å²) in [6, 6.07) is 1.24. The van der Waals surface area contributed by atoms with Crippen LogP contribution < -0.4 is 11.2 Å². The minimum absolute atomic E-state index is 0.322. The van der Waals surface area contributed by atoms with Crippen molar-refractivity contribution in [2.45, 2.75) is 44.0 Å². The molecule has 1 fully saturated rings. The summed E-state index contributed by atoms with van der Waals surface area (Å²) in [5, 5.41) is 19.2. The van der Waals surface area contributed by atoms with Crippen molar-refractivity contribution in [3.63, 3.8) is 0 Å². The van der Waals surface area contributed by atoms with Crippen LogP contribution in [0, 0.1) is 5.92 Å². The first-order chi connectivity index (χ1) is 10.4. The molecule has 0 radical (unpaired) electrons. The molecule has 124 valence electrons. The molecule has 4 atom stereocenters. The summed E-state index contributed by atoms with van der Waals surface area (Å²) in [4.78, 5) is 25.3. The van der Waals surface area contributed by atoms with Gasteiger partial charge in [-0.25, -0.2) is 4.79 Å². The van der Waals surface area contributed by atoms with Gasteiger partial charge in [0.1, 0.15) is 6.10 Å². The van der Waals surface area contributed by atoms with E-state index in [9.17, 15) is 19.8 Å². The fraction of sp³-hybridized carbons (Fsp3) is 0.714. The summed E-state index contributed by atoms with van der Waals surface area (Å²) in [5.41, 5.74) is -1.07. The molecule has 1 unspecified atom stereocenters. The minimum Gasteiger partial charge on any atom is -0.394 e. The molecule has 0 amide bonds. The van der Waals surface area contributed by atoms with E-state index in [0.29, 0.717) is 5.92 Å². The molecule has 22 heavy (non-hydrogen) atoms. The van der Waals surface area contributed by atoms with Gasteiger partial charge in [0.15, 0.2) is 6.23 Å². The number of rotatable bonds is 6. The number of nitrogens with zero attached hydrogens (tertiary/aromatic N) is 1. The Labute approximate surface area is 132 Å². The molecule has 2 rings (SSSR count). The second kappa shape index (κ2) is 7.45. The van der Waals surface area contributed by atoms with Crippen LogP contribution in [0.2, 0.25) is 0 Å². The summed E-state index contributed by atoms with van der Waals surface area (Å²) < 4.78 is 6.88. The van der Waals surface area contributed by atoms with Crippen molar-refractivity contribution < 1.29 is 14.9 Å². The smallest absolute Gasteiger partial charge is 0.330 e. The highest BCUT2D eigenvalue weighted by Gasteiger charge is 2.44. The number of H-pyrrole nitrogens is 1. The number of aliphatic hydroxyl groups is 2. The second-order valence-corrected chi connectivity index (χ2v) is 7.06. The molecule has 1 aliphatic rings.